The molecule has 0 aliphatic carbocycles. The zero-order valence-corrected chi connectivity index (χ0v) is 11.2. The minimum atomic E-state index is 0.0504. The molecule has 1 heterocycles. The maximum Gasteiger partial charge on any atom is 0.170 e. The van der Waals surface area contributed by atoms with E-state index in [0.717, 1.165) is 12.0 Å². The van der Waals surface area contributed by atoms with Crippen LogP contribution in [0.4, 0.5) is 0 Å². The van der Waals surface area contributed by atoms with Crippen LogP contribution in [0.25, 0.3) is 0 Å². The first-order valence-electron chi connectivity index (χ1n) is 6.40. The lowest BCUT2D eigenvalue weighted by atomic mass is 9.83. The second-order valence-electron chi connectivity index (χ2n) is 5.02. The average molecular weight is 248 g/mol. The molecule has 1 saturated heterocycles. The maximum atomic E-state index is 12.6. The largest absolute Gasteiger partial charge is 0.496 e. The van der Waals surface area contributed by atoms with Crippen molar-refractivity contribution in [3.63, 3.8) is 0 Å². The van der Waals surface area contributed by atoms with Gasteiger partial charge in [0.05, 0.1) is 12.7 Å². The monoisotopic (exact) mass is 248 g/mol. The van der Waals surface area contributed by atoms with Crippen LogP contribution in [0.3, 0.4) is 0 Å². The summed E-state index contributed by atoms with van der Waals surface area (Å²) in [7, 11) is 1.61. The predicted octanol–water partition coefficient (Wildman–Crippen LogP) is 2.86. The number of carbonyl (C=O) groups excluding carboxylic acids is 1. The first-order valence-corrected chi connectivity index (χ1v) is 6.40. The van der Waals surface area contributed by atoms with Crippen LogP contribution in [0.15, 0.2) is 18.2 Å². The van der Waals surface area contributed by atoms with Gasteiger partial charge in [-0.05, 0) is 31.4 Å². The highest BCUT2D eigenvalue weighted by molar-refractivity contribution is 6.00. The van der Waals surface area contributed by atoms with E-state index < -0.39 is 0 Å². The van der Waals surface area contributed by atoms with Crippen LogP contribution in [-0.2, 0) is 4.74 Å². The van der Waals surface area contributed by atoms with Gasteiger partial charge in [-0.15, -0.1) is 0 Å². The summed E-state index contributed by atoms with van der Waals surface area (Å²) in [6, 6.07) is 5.75. The molecule has 1 aromatic carbocycles. The molecule has 1 fully saturated rings. The third-order valence-corrected chi connectivity index (χ3v) is 3.60. The highest BCUT2D eigenvalue weighted by atomic mass is 16.5. The molecular weight excluding hydrogens is 228 g/mol. The molecule has 0 amide bonds. The average Bonchev–Trinajstić information content (AvgIpc) is 2.38. The van der Waals surface area contributed by atoms with E-state index in [4.69, 9.17) is 9.47 Å². The van der Waals surface area contributed by atoms with E-state index >= 15 is 0 Å². The van der Waals surface area contributed by atoms with Gasteiger partial charge in [0.15, 0.2) is 5.78 Å². The third kappa shape index (κ3) is 2.56. The molecule has 2 atom stereocenters. The van der Waals surface area contributed by atoms with Gasteiger partial charge >= 0.3 is 0 Å². The molecule has 1 aromatic rings. The van der Waals surface area contributed by atoms with Gasteiger partial charge in [0.1, 0.15) is 5.75 Å². The minimum absolute atomic E-state index is 0.0504. The molecule has 2 unspecified atom stereocenters. The SMILES string of the molecule is COc1ccc(C)cc1C(=O)C1CCOCC1C. The molecule has 3 heteroatoms. The lowest BCUT2D eigenvalue weighted by Crippen LogP contribution is -2.31. The Morgan fingerprint density at radius 3 is 2.89 bits per heavy atom. The molecule has 0 spiro atoms. The Kier molecular flexibility index (Phi) is 4.02. The van der Waals surface area contributed by atoms with E-state index in [-0.39, 0.29) is 17.6 Å². The highest BCUT2D eigenvalue weighted by Gasteiger charge is 2.30. The van der Waals surface area contributed by atoms with Crippen molar-refractivity contribution in [3.05, 3.63) is 29.3 Å². The summed E-state index contributed by atoms with van der Waals surface area (Å²) >= 11 is 0. The number of carbonyl (C=O) groups is 1. The van der Waals surface area contributed by atoms with Crippen LogP contribution in [0.1, 0.15) is 29.3 Å². The smallest absolute Gasteiger partial charge is 0.170 e. The highest BCUT2D eigenvalue weighted by Crippen LogP contribution is 2.29. The van der Waals surface area contributed by atoms with Gasteiger partial charge < -0.3 is 9.47 Å². The summed E-state index contributed by atoms with van der Waals surface area (Å²) in [5.41, 5.74) is 1.79. The number of aryl methyl sites for hydroxylation is 1. The Morgan fingerprint density at radius 2 is 2.22 bits per heavy atom. The second kappa shape index (κ2) is 5.53. The number of ketones is 1. The topological polar surface area (TPSA) is 35.5 Å². The van der Waals surface area contributed by atoms with Gasteiger partial charge in [0, 0.05) is 19.1 Å². The first kappa shape index (κ1) is 13.1. The van der Waals surface area contributed by atoms with Gasteiger partial charge in [-0.1, -0.05) is 18.6 Å². The number of Topliss-reactive ketones (excluding diaryl/α,β-unsaturated/α-hetero) is 1. The van der Waals surface area contributed by atoms with Crippen LogP contribution in [0.5, 0.6) is 5.75 Å². The van der Waals surface area contributed by atoms with Crippen molar-refractivity contribution in [2.75, 3.05) is 20.3 Å². The van der Waals surface area contributed by atoms with Gasteiger partial charge in [-0.25, -0.2) is 0 Å². The summed E-state index contributed by atoms with van der Waals surface area (Å²) in [4.78, 5) is 12.6. The normalized spacial score (nSPS) is 23.7. The number of benzene rings is 1. The van der Waals surface area contributed by atoms with E-state index in [9.17, 15) is 4.79 Å². The summed E-state index contributed by atoms with van der Waals surface area (Å²) in [6.07, 6.45) is 0.803. The van der Waals surface area contributed by atoms with E-state index in [0.29, 0.717) is 24.5 Å². The van der Waals surface area contributed by atoms with E-state index in [1.165, 1.54) is 0 Å². The van der Waals surface area contributed by atoms with Crippen molar-refractivity contribution in [3.8, 4) is 5.75 Å². The number of hydrogen-bond donors (Lipinski definition) is 0. The fraction of sp³-hybridized carbons (Fsp3) is 0.533. The molecule has 1 aliphatic rings. The Morgan fingerprint density at radius 1 is 1.44 bits per heavy atom. The van der Waals surface area contributed by atoms with Crippen molar-refractivity contribution in [2.45, 2.75) is 20.3 Å². The number of methoxy groups -OCH3 is 1. The zero-order valence-electron chi connectivity index (χ0n) is 11.2. The fourth-order valence-electron chi connectivity index (χ4n) is 2.48. The molecule has 2 rings (SSSR count). The van der Waals surface area contributed by atoms with E-state index in [1.807, 2.05) is 25.1 Å². The number of hydrogen-bond acceptors (Lipinski definition) is 3. The molecule has 0 N–H and O–H groups in total. The molecular formula is C15H20O3. The Bertz CT molecular complexity index is 439. The molecule has 0 radical (unpaired) electrons. The van der Waals surface area contributed by atoms with Crippen molar-refractivity contribution < 1.29 is 14.3 Å². The number of rotatable bonds is 3. The van der Waals surface area contributed by atoms with Gasteiger partial charge in [-0.3, -0.25) is 4.79 Å². The standard InChI is InChI=1S/C15H20O3/c1-10-4-5-14(17-3)13(8-10)15(16)12-6-7-18-9-11(12)2/h4-5,8,11-12H,6-7,9H2,1-3H3. The van der Waals surface area contributed by atoms with E-state index in [2.05, 4.69) is 6.92 Å². The fourth-order valence-corrected chi connectivity index (χ4v) is 2.48. The summed E-state index contributed by atoms with van der Waals surface area (Å²) in [5, 5.41) is 0. The van der Waals surface area contributed by atoms with Crippen molar-refractivity contribution in [1.29, 1.82) is 0 Å². The zero-order chi connectivity index (χ0) is 13.1. The summed E-state index contributed by atoms with van der Waals surface area (Å²) in [6.45, 7) is 5.41. The Labute approximate surface area is 108 Å². The minimum Gasteiger partial charge on any atom is -0.496 e. The number of ether oxygens (including phenoxy) is 2. The van der Waals surface area contributed by atoms with Gasteiger partial charge in [-0.2, -0.15) is 0 Å². The molecule has 0 aromatic heterocycles. The van der Waals surface area contributed by atoms with Crippen LogP contribution in [0.2, 0.25) is 0 Å². The predicted molar refractivity (Wildman–Crippen MR) is 70.2 cm³/mol. The third-order valence-electron chi connectivity index (χ3n) is 3.60. The molecule has 0 bridgehead atoms. The van der Waals surface area contributed by atoms with Crippen LogP contribution >= 0.6 is 0 Å². The van der Waals surface area contributed by atoms with Crippen molar-refractivity contribution >= 4 is 5.78 Å². The van der Waals surface area contributed by atoms with Crippen LogP contribution in [-0.4, -0.2) is 26.1 Å². The van der Waals surface area contributed by atoms with Crippen molar-refractivity contribution in [1.82, 2.24) is 0 Å². The van der Waals surface area contributed by atoms with Gasteiger partial charge in [0.2, 0.25) is 0 Å². The molecule has 0 saturated carbocycles. The Balaban J connectivity index is 2.29. The molecule has 3 nitrogen and oxygen atoms in total. The summed E-state index contributed by atoms with van der Waals surface area (Å²) < 4.78 is 10.7. The van der Waals surface area contributed by atoms with Crippen molar-refractivity contribution in [2.24, 2.45) is 11.8 Å². The molecule has 18 heavy (non-hydrogen) atoms. The van der Waals surface area contributed by atoms with Gasteiger partial charge in [0.25, 0.3) is 0 Å². The lowest BCUT2D eigenvalue weighted by Gasteiger charge is -2.28. The molecule has 98 valence electrons. The maximum absolute atomic E-state index is 12.6. The molecule has 1 aliphatic heterocycles. The quantitative estimate of drug-likeness (QED) is 0.772. The van der Waals surface area contributed by atoms with Crippen LogP contribution < -0.4 is 4.74 Å². The first-order chi connectivity index (χ1) is 8.63. The lowest BCUT2D eigenvalue weighted by molar-refractivity contribution is 0.0240. The second-order valence-corrected chi connectivity index (χ2v) is 5.02. The van der Waals surface area contributed by atoms with Crippen LogP contribution in [0, 0.1) is 18.8 Å². The Hall–Kier alpha value is -1.35. The van der Waals surface area contributed by atoms with E-state index in [1.54, 1.807) is 7.11 Å². The summed E-state index contributed by atoms with van der Waals surface area (Å²) in [5.74, 6) is 1.18.